The fourth-order valence-electron chi connectivity index (χ4n) is 2.24. The van der Waals surface area contributed by atoms with Crippen LogP contribution >= 0.6 is 22.7 Å². The standard InChI is InChI=1S/C14H12N4O2S2/c19-13(11-6-10(16-17-11)12-2-1-4-21-12)18-7-9(8-18)20-14-15-3-5-22-14/h1-6,9H,7-8H2,(H,16,17). The minimum absolute atomic E-state index is 0.0193. The number of ether oxygens (including phenoxy) is 1. The summed E-state index contributed by atoms with van der Waals surface area (Å²) in [6.07, 6.45) is 1.73. The first kappa shape index (κ1) is 13.5. The Hall–Kier alpha value is -2.19. The lowest BCUT2D eigenvalue weighted by Gasteiger charge is -2.37. The number of rotatable bonds is 4. The van der Waals surface area contributed by atoms with Crippen LogP contribution in [0.2, 0.25) is 0 Å². The smallest absolute Gasteiger partial charge is 0.274 e. The molecule has 1 saturated heterocycles. The number of aromatic amines is 1. The molecule has 3 aromatic rings. The number of amides is 1. The lowest BCUT2D eigenvalue weighted by molar-refractivity contribution is 0.0172. The van der Waals surface area contributed by atoms with E-state index < -0.39 is 0 Å². The van der Waals surface area contributed by atoms with Crippen molar-refractivity contribution in [2.24, 2.45) is 0 Å². The molecule has 1 aliphatic heterocycles. The number of hydrogen-bond acceptors (Lipinski definition) is 6. The summed E-state index contributed by atoms with van der Waals surface area (Å²) in [6.45, 7) is 1.14. The Bertz CT molecular complexity index is 761. The van der Waals surface area contributed by atoms with Crippen molar-refractivity contribution in [1.82, 2.24) is 20.1 Å². The van der Waals surface area contributed by atoms with Gasteiger partial charge in [-0.2, -0.15) is 5.10 Å². The first-order chi connectivity index (χ1) is 10.8. The third kappa shape index (κ3) is 2.51. The Kier molecular flexibility index (Phi) is 3.39. The van der Waals surface area contributed by atoms with E-state index in [0.29, 0.717) is 24.0 Å². The maximum Gasteiger partial charge on any atom is 0.274 e. The topological polar surface area (TPSA) is 71.1 Å². The summed E-state index contributed by atoms with van der Waals surface area (Å²) in [5, 5.41) is 11.5. The highest BCUT2D eigenvalue weighted by molar-refractivity contribution is 7.13. The molecule has 0 aliphatic carbocycles. The van der Waals surface area contributed by atoms with Crippen molar-refractivity contribution in [3.05, 3.63) is 40.8 Å². The molecular formula is C14H12N4O2S2. The van der Waals surface area contributed by atoms with Crippen molar-refractivity contribution in [3.8, 4) is 15.8 Å². The molecule has 8 heteroatoms. The van der Waals surface area contributed by atoms with Gasteiger partial charge >= 0.3 is 0 Å². The molecular weight excluding hydrogens is 320 g/mol. The van der Waals surface area contributed by atoms with Crippen LogP contribution in [0.1, 0.15) is 10.5 Å². The number of likely N-dealkylation sites (tertiary alicyclic amines) is 1. The summed E-state index contributed by atoms with van der Waals surface area (Å²) < 4.78 is 5.66. The summed E-state index contributed by atoms with van der Waals surface area (Å²) in [5.74, 6) is -0.0713. The highest BCUT2D eigenvalue weighted by atomic mass is 32.1. The Labute approximate surface area is 134 Å². The largest absolute Gasteiger partial charge is 0.463 e. The van der Waals surface area contributed by atoms with Crippen molar-refractivity contribution >= 4 is 28.6 Å². The first-order valence-corrected chi connectivity index (χ1v) is 8.50. The minimum Gasteiger partial charge on any atom is -0.463 e. The molecule has 1 aliphatic rings. The lowest BCUT2D eigenvalue weighted by atomic mass is 10.1. The van der Waals surface area contributed by atoms with Gasteiger partial charge in [0, 0.05) is 11.6 Å². The number of carbonyl (C=O) groups is 1. The van der Waals surface area contributed by atoms with E-state index in [-0.39, 0.29) is 12.0 Å². The number of nitrogens with one attached hydrogen (secondary N) is 1. The van der Waals surface area contributed by atoms with Crippen molar-refractivity contribution in [2.45, 2.75) is 6.10 Å². The molecule has 0 saturated carbocycles. The predicted octanol–water partition coefficient (Wildman–Crippen LogP) is 2.50. The van der Waals surface area contributed by atoms with Crippen LogP contribution in [-0.4, -0.2) is 45.2 Å². The van der Waals surface area contributed by atoms with Crippen LogP contribution in [0.3, 0.4) is 0 Å². The van der Waals surface area contributed by atoms with Gasteiger partial charge in [0.15, 0.2) is 5.69 Å². The monoisotopic (exact) mass is 332 g/mol. The van der Waals surface area contributed by atoms with Crippen molar-refractivity contribution in [3.63, 3.8) is 0 Å². The van der Waals surface area contributed by atoms with Crippen LogP contribution in [0.4, 0.5) is 0 Å². The second kappa shape index (κ2) is 5.54. The third-order valence-electron chi connectivity index (χ3n) is 3.40. The molecule has 1 amide bonds. The zero-order chi connectivity index (χ0) is 14.9. The van der Waals surface area contributed by atoms with E-state index in [9.17, 15) is 4.79 Å². The van der Waals surface area contributed by atoms with E-state index in [4.69, 9.17) is 4.74 Å². The molecule has 0 aromatic carbocycles. The summed E-state index contributed by atoms with van der Waals surface area (Å²) in [7, 11) is 0. The number of H-pyrrole nitrogens is 1. The zero-order valence-electron chi connectivity index (χ0n) is 11.4. The Morgan fingerprint density at radius 1 is 1.36 bits per heavy atom. The van der Waals surface area contributed by atoms with E-state index >= 15 is 0 Å². The SMILES string of the molecule is O=C(c1cc(-c2cccs2)[nH]n1)N1CC(Oc2nccs2)C1. The lowest BCUT2D eigenvalue weighted by Crippen LogP contribution is -2.56. The Morgan fingerprint density at radius 2 is 2.27 bits per heavy atom. The highest BCUT2D eigenvalue weighted by Crippen LogP contribution is 2.25. The summed E-state index contributed by atoms with van der Waals surface area (Å²) >= 11 is 3.07. The first-order valence-electron chi connectivity index (χ1n) is 6.74. The van der Waals surface area contributed by atoms with Gasteiger partial charge in [0.1, 0.15) is 6.10 Å². The van der Waals surface area contributed by atoms with Gasteiger partial charge in [0.05, 0.1) is 23.7 Å². The molecule has 3 aromatic heterocycles. The van der Waals surface area contributed by atoms with Gasteiger partial charge < -0.3 is 9.64 Å². The van der Waals surface area contributed by atoms with Gasteiger partial charge in [0.25, 0.3) is 11.1 Å². The highest BCUT2D eigenvalue weighted by Gasteiger charge is 2.34. The molecule has 0 bridgehead atoms. The molecule has 112 valence electrons. The Balaban J connectivity index is 1.37. The number of hydrogen-bond donors (Lipinski definition) is 1. The van der Waals surface area contributed by atoms with Crippen LogP contribution in [0.5, 0.6) is 5.19 Å². The summed E-state index contributed by atoms with van der Waals surface area (Å²) in [5.41, 5.74) is 1.31. The van der Waals surface area contributed by atoms with E-state index in [1.165, 1.54) is 11.3 Å². The van der Waals surface area contributed by atoms with Crippen LogP contribution in [0.25, 0.3) is 10.6 Å². The van der Waals surface area contributed by atoms with Crippen LogP contribution in [0, 0.1) is 0 Å². The average Bonchev–Trinajstić information content (AvgIpc) is 3.23. The van der Waals surface area contributed by atoms with Gasteiger partial charge in [-0.15, -0.1) is 11.3 Å². The van der Waals surface area contributed by atoms with Gasteiger partial charge in [-0.05, 0) is 17.5 Å². The predicted molar refractivity (Wildman–Crippen MR) is 84.3 cm³/mol. The molecule has 22 heavy (non-hydrogen) atoms. The number of thiazole rings is 1. The number of carbonyl (C=O) groups excluding carboxylic acids is 1. The number of aromatic nitrogens is 3. The molecule has 4 rings (SSSR count). The fraction of sp³-hybridized carbons (Fsp3) is 0.214. The van der Waals surface area contributed by atoms with E-state index in [1.807, 2.05) is 22.9 Å². The van der Waals surface area contributed by atoms with Crippen LogP contribution < -0.4 is 4.74 Å². The van der Waals surface area contributed by atoms with Crippen molar-refractivity contribution in [2.75, 3.05) is 13.1 Å². The summed E-state index contributed by atoms with van der Waals surface area (Å²) in [4.78, 5) is 19.2. The number of nitrogens with zero attached hydrogens (tertiary/aromatic N) is 3. The van der Waals surface area contributed by atoms with Crippen LogP contribution in [0.15, 0.2) is 35.2 Å². The summed E-state index contributed by atoms with van der Waals surface area (Å²) in [6, 6.07) is 5.76. The molecule has 4 heterocycles. The second-order valence-corrected chi connectivity index (χ2v) is 6.70. The molecule has 1 N–H and O–H groups in total. The molecule has 0 atom stereocenters. The molecule has 0 unspecified atom stereocenters. The number of thiophene rings is 1. The second-order valence-electron chi connectivity index (χ2n) is 4.89. The van der Waals surface area contributed by atoms with Gasteiger partial charge in [-0.1, -0.05) is 17.4 Å². The van der Waals surface area contributed by atoms with E-state index in [0.717, 1.165) is 10.6 Å². The fourth-order valence-corrected chi connectivity index (χ4v) is 3.48. The van der Waals surface area contributed by atoms with Crippen molar-refractivity contribution in [1.29, 1.82) is 0 Å². The third-order valence-corrected chi connectivity index (χ3v) is 4.96. The molecule has 6 nitrogen and oxygen atoms in total. The van der Waals surface area contributed by atoms with E-state index in [1.54, 1.807) is 28.5 Å². The normalized spacial score (nSPS) is 14.8. The molecule has 0 spiro atoms. The van der Waals surface area contributed by atoms with E-state index in [2.05, 4.69) is 15.2 Å². The van der Waals surface area contributed by atoms with Gasteiger partial charge in [-0.25, -0.2) is 4.98 Å². The minimum atomic E-state index is -0.0713. The zero-order valence-corrected chi connectivity index (χ0v) is 13.1. The molecule has 1 fully saturated rings. The van der Waals surface area contributed by atoms with Gasteiger partial charge in [0.2, 0.25) is 0 Å². The average molecular weight is 332 g/mol. The quantitative estimate of drug-likeness (QED) is 0.797. The van der Waals surface area contributed by atoms with Crippen LogP contribution in [-0.2, 0) is 0 Å². The maximum atomic E-state index is 12.3. The van der Waals surface area contributed by atoms with Crippen molar-refractivity contribution < 1.29 is 9.53 Å². The van der Waals surface area contributed by atoms with Gasteiger partial charge in [-0.3, -0.25) is 9.89 Å². The maximum absolute atomic E-state index is 12.3. The molecule has 0 radical (unpaired) electrons. The Morgan fingerprint density at radius 3 is 3.00 bits per heavy atom.